The molecule has 2 rings (SSSR count). The molecule has 0 aliphatic carbocycles. The first-order chi connectivity index (χ1) is 7.33. The second kappa shape index (κ2) is 4.48. The zero-order chi connectivity index (χ0) is 11.9. The number of alkyl halides is 1. The van der Waals surface area contributed by atoms with Crippen LogP contribution in [0.25, 0.3) is 0 Å². The van der Waals surface area contributed by atoms with Crippen LogP contribution < -0.4 is 0 Å². The highest BCUT2D eigenvalue weighted by atomic mass is 127. The standard InChI is InChI=1S/C14H25BI/c1-12(2)6-4-8-13(3)10-11-14(16,15-13)9-5-7-12/h4-11H2,1-3H3. The van der Waals surface area contributed by atoms with Crippen molar-refractivity contribution in [3.63, 3.8) is 0 Å². The molecule has 0 N–H and O–H groups in total. The van der Waals surface area contributed by atoms with Crippen molar-refractivity contribution in [3.8, 4) is 0 Å². The van der Waals surface area contributed by atoms with Gasteiger partial charge in [-0.1, -0.05) is 74.4 Å². The van der Waals surface area contributed by atoms with Crippen LogP contribution in [0, 0.1) is 5.41 Å². The van der Waals surface area contributed by atoms with Gasteiger partial charge in [-0.3, -0.25) is 0 Å². The molecule has 2 aliphatic heterocycles. The summed E-state index contributed by atoms with van der Waals surface area (Å²) < 4.78 is 0.528. The Bertz CT molecular complexity index is 239. The van der Waals surface area contributed by atoms with Crippen LogP contribution in [-0.2, 0) is 0 Å². The molecule has 2 atom stereocenters. The SMILES string of the molecule is CC1(C)CCCC2(C)[B]C(I)(CCC1)CC2. The van der Waals surface area contributed by atoms with Crippen molar-refractivity contribution in [1.29, 1.82) is 0 Å². The molecule has 0 aromatic heterocycles. The summed E-state index contributed by atoms with van der Waals surface area (Å²) in [6.45, 7) is 7.41. The average molecular weight is 331 g/mol. The first-order valence-electron chi connectivity index (χ1n) is 6.89. The lowest BCUT2D eigenvalue weighted by molar-refractivity contribution is 0.278. The number of hydrogen-bond acceptors (Lipinski definition) is 0. The number of halogens is 1. The molecule has 2 fully saturated rings. The van der Waals surface area contributed by atoms with E-state index >= 15 is 0 Å². The van der Waals surface area contributed by atoms with E-state index in [0.29, 0.717) is 14.1 Å². The van der Waals surface area contributed by atoms with Crippen molar-refractivity contribution in [2.45, 2.75) is 80.8 Å². The molecule has 0 aromatic rings. The molecule has 91 valence electrons. The average Bonchev–Trinajstić information content (AvgIpc) is 2.41. The smallest absolute Gasteiger partial charge is 0.0887 e. The van der Waals surface area contributed by atoms with Crippen LogP contribution in [0.5, 0.6) is 0 Å². The van der Waals surface area contributed by atoms with E-state index in [1.54, 1.807) is 0 Å². The largest absolute Gasteiger partial charge is 0.139 e. The molecule has 0 saturated carbocycles. The van der Waals surface area contributed by atoms with E-state index < -0.39 is 0 Å². The minimum atomic E-state index is 0.528. The van der Waals surface area contributed by atoms with Gasteiger partial charge in [-0.05, 0) is 34.4 Å². The minimum Gasteiger partial charge on any atom is -0.0887 e. The maximum Gasteiger partial charge on any atom is 0.139 e. The molecule has 2 bridgehead atoms. The van der Waals surface area contributed by atoms with Crippen molar-refractivity contribution in [2.75, 3.05) is 0 Å². The molecular weight excluding hydrogens is 306 g/mol. The van der Waals surface area contributed by atoms with E-state index in [-0.39, 0.29) is 0 Å². The number of hydrogen-bond donors (Lipinski definition) is 0. The molecule has 1 radical (unpaired) electrons. The van der Waals surface area contributed by atoms with E-state index in [9.17, 15) is 0 Å². The van der Waals surface area contributed by atoms with Crippen LogP contribution in [0.4, 0.5) is 0 Å². The summed E-state index contributed by atoms with van der Waals surface area (Å²) in [6, 6.07) is 0. The van der Waals surface area contributed by atoms with Crippen LogP contribution in [0.2, 0.25) is 5.31 Å². The maximum absolute atomic E-state index is 2.73. The number of rotatable bonds is 0. The molecule has 2 unspecified atom stereocenters. The molecule has 0 amide bonds. The quantitative estimate of drug-likeness (QED) is 0.326. The van der Waals surface area contributed by atoms with E-state index in [1.807, 2.05) is 0 Å². The Hall–Kier alpha value is 0.795. The van der Waals surface area contributed by atoms with Gasteiger partial charge >= 0.3 is 0 Å². The van der Waals surface area contributed by atoms with Gasteiger partial charge in [0.15, 0.2) is 0 Å². The van der Waals surface area contributed by atoms with Crippen LogP contribution >= 0.6 is 22.6 Å². The lowest BCUT2D eigenvalue weighted by Crippen LogP contribution is -2.29. The maximum atomic E-state index is 2.73. The van der Waals surface area contributed by atoms with Gasteiger partial charge in [0.05, 0.1) is 0 Å². The second-order valence-corrected chi connectivity index (χ2v) is 9.35. The Morgan fingerprint density at radius 3 is 2.12 bits per heavy atom. The summed E-state index contributed by atoms with van der Waals surface area (Å²) in [4.78, 5) is 0. The monoisotopic (exact) mass is 331 g/mol. The molecule has 0 nitrogen and oxygen atoms in total. The highest BCUT2D eigenvalue weighted by molar-refractivity contribution is 14.1. The summed E-state index contributed by atoms with van der Waals surface area (Å²) in [5, 5.41) is 0.550. The summed E-state index contributed by atoms with van der Waals surface area (Å²) in [7, 11) is 2.71. The normalized spacial score (nSPS) is 43.8. The van der Waals surface area contributed by atoms with Gasteiger partial charge in [-0.15, -0.1) is 0 Å². The van der Waals surface area contributed by atoms with Gasteiger partial charge in [0, 0.05) is 0 Å². The lowest BCUT2D eigenvalue weighted by atomic mass is 9.48. The fourth-order valence-corrected chi connectivity index (χ4v) is 5.02. The Labute approximate surface area is 116 Å². The Morgan fingerprint density at radius 1 is 0.812 bits per heavy atom. The molecule has 16 heavy (non-hydrogen) atoms. The molecule has 2 heteroatoms. The van der Waals surface area contributed by atoms with Gasteiger partial charge in [0.2, 0.25) is 0 Å². The molecule has 2 heterocycles. The highest BCUT2D eigenvalue weighted by Gasteiger charge is 2.44. The second-order valence-electron chi connectivity index (χ2n) is 7.20. The van der Waals surface area contributed by atoms with Gasteiger partial charge in [0.25, 0.3) is 0 Å². The van der Waals surface area contributed by atoms with E-state index in [1.165, 1.54) is 51.4 Å². The summed E-state index contributed by atoms with van der Waals surface area (Å²) >= 11 is 2.73. The minimum absolute atomic E-state index is 0.528. The third kappa shape index (κ3) is 3.17. The van der Waals surface area contributed by atoms with Crippen LogP contribution in [0.15, 0.2) is 0 Å². The van der Waals surface area contributed by atoms with Crippen LogP contribution in [0.3, 0.4) is 0 Å². The topological polar surface area (TPSA) is 0 Å². The highest BCUT2D eigenvalue weighted by Crippen LogP contribution is 2.53. The molecular formula is C14H25BI. The first kappa shape index (κ1) is 13.2. The van der Waals surface area contributed by atoms with Gasteiger partial charge in [-0.25, -0.2) is 0 Å². The van der Waals surface area contributed by atoms with E-state index in [0.717, 1.165) is 0 Å². The van der Waals surface area contributed by atoms with Crippen molar-refractivity contribution in [3.05, 3.63) is 0 Å². The Kier molecular flexibility index (Phi) is 3.70. The van der Waals surface area contributed by atoms with Gasteiger partial charge < -0.3 is 0 Å². The Morgan fingerprint density at radius 2 is 1.44 bits per heavy atom. The number of fused-ring (bicyclic) bond motifs is 2. The molecule has 0 spiro atoms. The van der Waals surface area contributed by atoms with E-state index in [4.69, 9.17) is 0 Å². The third-order valence-corrected chi connectivity index (χ3v) is 6.16. The summed E-state index contributed by atoms with van der Waals surface area (Å²) in [6.07, 6.45) is 11.4. The van der Waals surface area contributed by atoms with Gasteiger partial charge in [0.1, 0.15) is 7.28 Å². The molecule has 2 aliphatic rings. The predicted octanol–water partition coefficient (Wildman–Crippen LogP) is 5.17. The van der Waals surface area contributed by atoms with Crippen LogP contribution in [-0.4, -0.2) is 10.6 Å². The van der Waals surface area contributed by atoms with Crippen molar-refractivity contribution in [1.82, 2.24) is 0 Å². The fraction of sp³-hybridized carbons (Fsp3) is 1.00. The zero-order valence-corrected chi connectivity index (χ0v) is 13.3. The molecule has 0 aromatic carbocycles. The Balaban J connectivity index is 2.07. The lowest BCUT2D eigenvalue weighted by Gasteiger charge is -2.32. The predicted molar refractivity (Wildman–Crippen MR) is 81.6 cm³/mol. The molecule has 2 saturated heterocycles. The van der Waals surface area contributed by atoms with E-state index in [2.05, 4.69) is 50.6 Å². The summed E-state index contributed by atoms with van der Waals surface area (Å²) in [5.74, 6) is 0. The van der Waals surface area contributed by atoms with Crippen LogP contribution in [0.1, 0.15) is 72.1 Å². The van der Waals surface area contributed by atoms with Gasteiger partial charge in [-0.2, -0.15) is 0 Å². The zero-order valence-electron chi connectivity index (χ0n) is 11.1. The fourth-order valence-electron chi connectivity index (χ4n) is 3.61. The van der Waals surface area contributed by atoms with Crippen molar-refractivity contribution < 1.29 is 0 Å². The third-order valence-electron chi connectivity index (χ3n) is 4.77. The summed E-state index contributed by atoms with van der Waals surface area (Å²) in [5.41, 5.74) is 0.583. The first-order valence-corrected chi connectivity index (χ1v) is 7.97. The van der Waals surface area contributed by atoms with Crippen molar-refractivity contribution in [2.24, 2.45) is 5.41 Å². The van der Waals surface area contributed by atoms with Crippen molar-refractivity contribution >= 4 is 29.9 Å².